The second-order valence-corrected chi connectivity index (χ2v) is 5.11. The lowest BCUT2D eigenvalue weighted by atomic mass is 10.1. The van der Waals surface area contributed by atoms with Gasteiger partial charge in [0, 0.05) is 31.7 Å². The predicted molar refractivity (Wildman–Crippen MR) is 76.1 cm³/mol. The molecular weight excluding hydrogens is 274 g/mol. The van der Waals surface area contributed by atoms with Gasteiger partial charge in [-0.05, 0) is 31.5 Å². The van der Waals surface area contributed by atoms with Gasteiger partial charge in [0.05, 0.1) is 5.02 Å². The van der Waals surface area contributed by atoms with Crippen molar-refractivity contribution in [2.24, 2.45) is 0 Å². The van der Waals surface area contributed by atoms with Gasteiger partial charge in [-0.15, -0.1) is 12.4 Å². The molecule has 1 saturated heterocycles. The molecule has 0 spiro atoms. The molecule has 0 amide bonds. The number of halogens is 3. The molecular formula is C13H19Cl2FN2. The minimum Gasteiger partial charge on any atom is -0.312 e. The number of nitrogens with zero attached hydrogens (tertiary/aromatic N) is 1. The number of piperazine rings is 1. The molecule has 0 saturated carbocycles. The molecule has 1 N–H and O–H groups in total. The zero-order chi connectivity index (χ0) is 12.4. The van der Waals surface area contributed by atoms with Crippen molar-refractivity contribution in [3.05, 3.63) is 34.6 Å². The minimum atomic E-state index is -0.351. The molecule has 2 rings (SSSR count). The molecule has 18 heavy (non-hydrogen) atoms. The molecule has 2 nitrogen and oxygen atoms in total. The standard InChI is InChI=1S/C13H18ClFN2.ClH/c1-9-8-17(6-5-16-9)10(2)11-3-4-13(15)12(14)7-11;/h3-4,7,9-10,16H,5-6,8H2,1-2H3;1H. The third-order valence-corrected chi connectivity index (χ3v) is 3.66. The number of benzene rings is 1. The SMILES string of the molecule is CC1CN(C(C)c2ccc(F)c(Cl)c2)CCN1.Cl. The van der Waals surface area contributed by atoms with E-state index in [1.807, 2.05) is 6.07 Å². The fraction of sp³-hybridized carbons (Fsp3) is 0.538. The van der Waals surface area contributed by atoms with E-state index in [4.69, 9.17) is 11.6 Å². The van der Waals surface area contributed by atoms with E-state index in [9.17, 15) is 4.39 Å². The predicted octanol–water partition coefficient (Wildman–Crippen LogP) is 3.26. The van der Waals surface area contributed by atoms with Gasteiger partial charge < -0.3 is 5.32 Å². The smallest absolute Gasteiger partial charge is 0.141 e. The average molecular weight is 293 g/mol. The van der Waals surface area contributed by atoms with Crippen LogP contribution < -0.4 is 5.32 Å². The molecule has 0 aromatic heterocycles. The van der Waals surface area contributed by atoms with Gasteiger partial charge in [0.25, 0.3) is 0 Å². The Hall–Kier alpha value is -0.350. The summed E-state index contributed by atoms with van der Waals surface area (Å²) in [6.07, 6.45) is 0. The van der Waals surface area contributed by atoms with Crippen LogP contribution >= 0.6 is 24.0 Å². The number of hydrogen-bond donors (Lipinski definition) is 1. The van der Waals surface area contributed by atoms with Gasteiger partial charge in [0.1, 0.15) is 5.82 Å². The van der Waals surface area contributed by atoms with Crippen molar-refractivity contribution >= 4 is 24.0 Å². The maximum absolute atomic E-state index is 13.1. The van der Waals surface area contributed by atoms with Crippen LogP contribution in [0, 0.1) is 5.82 Å². The van der Waals surface area contributed by atoms with Gasteiger partial charge in [-0.2, -0.15) is 0 Å². The Morgan fingerprint density at radius 2 is 2.22 bits per heavy atom. The lowest BCUT2D eigenvalue weighted by Gasteiger charge is -2.36. The molecule has 2 unspecified atom stereocenters. The molecule has 5 heteroatoms. The van der Waals surface area contributed by atoms with Gasteiger partial charge in [-0.3, -0.25) is 4.90 Å². The average Bonchev–Trinajstić information content (AvgIpc) is 2.32. The zero-order valence-corrected chi connectivity index (χ0v) is 12.2. The molecule has 0 radical (unpaired) electrons. The highest BCUT2D eigenvalue weighted by molar-refractivity contribution is 6.30. The second-order valence-electron chi connectivity index (χ2n) is 4.70. The molecule has 1 aromatic carbocycles. The number of nitrogens with one attached hydrogen (secondary N) is 1. The van der Waals surface area contributed by atoms with Crippen LogP contribution in [-0.4, -0.2) is 30.6 Å². The Morgan fingerprint density at radius 1 is 1.50 bits per heavy atom. The monoisotopic (exact) mass is 292 g/mol. The molecule has 102 valence electrons. The van der Waals surface area contributed by atoms with Gasteiger partial charge in [0.2, 0.25) is 0 Å². The maximum Gasteiger partial charge on any atom is 0.141 e. The van der Waals surface area contributed by atoms with E-state index in [-0.39, 0.29) is 29.3 Å². The van der Waals surface area contributed by atoms with Crippen LogP contribution in [0.4, 0.5) is 4.39 Å². The van der Waals surface area contributed by atoms with E-state index in [2.05, 4.69) is 24.1 Å². The van der Waals surface area contributed by atoms with Crippen LogP contribution in [0.15, 0.2) is 18.2 Å². The van der Waals surface area contributed by atoms with E-state index in [1.54, 1.807) is 6.07 Å². The minimum absolute atomic E-state index is 0. The van der Waals surface area contributed by atoms with Crippen LogP contribution in [0.1, 0.15) is 25.5 Å². The van der Waals surface area contributed by atoms with E-state index < -0.39 is 0 Å². The molecule has 1 aliphatic heterocycles. The Morgan fingerprint density at radius 3 is 2.83 bits per heavy atom. The van der Waals surface area contributed by atoms with Crippen molar-refractivity contribution in [1.82, 2.24) is 10.2 Å². The Bertz CT molecular complexity index is 401. The fourth-order valence-corrected chi connectivity index (χ4v) is 2.49. The summed E-state index contributed by atoms with van der Waals surface area (Å²) in [5.41, 5.74) is 1.07. The van der Waals surface area contributed by atoms with Crippen molar-refractivity contribution in [2.75, 3.05) is 19.6 Å². The first-order chi connectivity index (χ1) is 8.08. The van der Waals surface area contributed by atoms with E-state index in [0.29, 0.717) is 6.04 Å². The Kier molecular flexibility index (Phi) is 5.86. The normalized spacial score (nSPS) is 22.3. The van der Waals surface area contributed by atoms with Crippen LogP contribution in [0.5, 0.6) is 0 Å². The van der Waals surface area contributed by atoms with Crippen LogP contribution in [0.25, 0.3) is 0 Å². The summed E-state index contributed by atoms with van der Waals surface area (Å²) >= 11 is 5.82. The van der Waals surface area contributed by atoms with E-state index in [0.717, 1.165) is 25.2 Å². The van der Waals surface area contributed by atoms with Gasteiger partial charge in [0.15, 0.2) is 0 Å². The lowest BCUT2D eigenvalue weighted by Crippen LogP contribution is -2.49. The first-order valence-electron chi connectivity index (χ1n) is 6.00. The third-order valence-electron chi connectivity index (χ3n) is 3.37. The van der Waals surface area contributed by atoms with Crippen molar-refractivity contribution < 1.29 is 4.39 Å². The highest BCUT2D eigenvalue weighted by Crippen LogP contribution is 2.25. The summed E-state index contributed by atoms with van der Waals surface area (Å²) in [5, 5.41) is 3.62. The first-order valence-corrected chi connectivity index (χ1v) is 6.38. The molecule has 1 aliphatic rings. The maximum atomic E-state index is 13.1. The quantitative estimate of drug-likeness (QED) is 0.900. The van der Waals surface area contributed by atoms with E-state index >= 15 is 0 Å². The lowest BCUT2D eigenvalue weighted by molar-refractivity contribution is 0.158. The highest BCUT2D eigenvalue weighted by atomic mass is 35.5. The Balaban J connectivity index is 0.00000162. The molecule has 1 fully saturated rings. The topological polar surface area (TPSA) is 15.3 Å². The van der Waals surface area contributed by atoms with Gasteiger partial charge in [-0.25, -0.2) is 4.39 Å². The summed E-state index contributed by atoms with van der Waals surface area (Å²) in [6, 6.07) is 5.77. The third kappa shape index (κ3) is 3.58. The summed E-state index contributed by atoms with van der Waals surface area (Å²) in [5.74, 6) is -0.351. The van der Waals surface area contributed by atoms with Crippen LogP contribution in [0.3, 0.4) is 0 Å². The zero-order valence-electron chi connectivity index (χ0n) is 10.6. The molecule has 1 heterocycles. The molecule has 1 aromatic rings. The van der Waals surface area contributed by atoms with Crippen molar-refractivity contribution in [3.63, 3.8) is 0 Å². The van der Waals surface area contributed by atoms with Gasteiger partial charge >= 0.3 is 0 Å². The number of hydrogen-bond acceptors (Lipinski definition) is 2. The van der Waals surface area contributed by atoms with E-state index in [1.165, 1.54) is 6.07 Å². The summed E-state index contributed by atoms with van der Waals surface area (Å²) in [7, 11) is 0. The van der Waals surface area contributed by atoms with Crippen molar-refractivity contribution in [2.45, 2.75) is 25.9 Å². The van der Waals surface area contributed by atoms with Gasteiger partial charge in [-0.1, -0.05) is 17.7 Å². The largest absolute Gasteiger partial charge is 0.312 e. The fourth-order valence-electron chi connectivity index (χ4n) is 2.30. The molecule has 0 bridgehead atoms. The van der Waals surface area contributed by atoms with Crippen molar-refractivity contribution in [1.29, 1.82) is 0 Å². The highest BCUT2D eigenvalue weighted by Gasteiger charge is 2.21. The number of rotatable bonds is 2. The summed E-state index contributed by atoms with van der Waals surface area (Å²) in [6.45, 7) is 7.34. The Labute approximate surface area is 119 Å². The molecule has 0 aliphatic carbocycles. The first kappa shape index (κ1) is 15.7. The summed E-state index contributed by atoms with van der Waals surface area (Å²) in [4.78, 5) is 2.39. The summed E-state index contributed by atoms with van der Waals surface area (Å²) < 4.78 is 13.1. The second kappa shape index (κ2) is 6.71. The van der Waals surface area contributed by atoms with Crippen LogP contribution in [-0.2, 0) is 0 Å². The molecule has 2 atom stereocenters. The van der Waals surface area contributed by atoms with Crippen LogP contribution in [0.2, 0.25) is 5.02 Å². The van der Waals surface area contributed by atoms with Crippen molar-refractivity contribution in [3.8, 4) is 0 Å².